The second-order valence-electron chi connectivity index (χ2n) is 5.61. The van der Waals surface area contributed by atoms with Crippen molar-refractivity contribution >= 4 is 23.9 Å². The van der Waals surface area contributed by atoms with Gasteiger partial charge in [-0.1, -0.05) is 17.7 Å². The predicted octanol–water partition coefficient (Wildman–Crippen LogP) is 3.40. The van der Waals surface area contributed by atoms with Gasteiger partial charge in [-0.3, -0.25) is 4.79 Å². The van der Waals surface area contributed by atoms with Crippen LogP contribution in [0.4, 0.5) is 0 Å². The van der Waals surface area contributed by atoms with Crippen molar-refractivity contribution < 1.29 is 14.3 Å². The van der Waals surface area contributed by atoms with Gasteiger partial charge in [0.15, 0.2) is 11.5 Å². The summed E-state index contributed by atoms with van der Waals surface area (Å²) in [4.78, 5) is 13.0. The quantitative estimate of drug-likeness (QED) is 0.490. The van der Waals surface area contributed by atoms with E-state index in [4.69, 9.17) is 9.47 Å². The van der Waals surface area contributed by atoms with Crippen LogP contribution in [0.5, 0.6) is 11.5 Å². The summed E-state index contributed by atoms with van der Waals surface area (Å²) in [5.41, 5.74) is 4.63. The Hall–Kier alpha value is -2.47. The van der Waals surface area contributed by atoms with Crippen LogP contribution >= 0.6 is 11.8 Å². The van der Waals surface area contributed by atoms with E-state index in [2.05, 4.69) is 41.7 Å². The number of amides is 1. The Labute approximate surface area is 151 Å². The SMILES string of the molecule is Cc1ccc(SCCC(=O)NN=Cc2ccc3c(c2)OCCO3)cc1. The molecule has 1 N–H and O–H groups in total. The van der Waals surface area contributed by atoms with E-state index < -0.39 is 0 Å². The van der Waals surface area contributed by atoms with Crippen molar-refractivity contribution in [2.45, 2.75) is 18.2 Å². The number of nitrogens with one attached hydrogen (secondary N) is 1. The number of nitrogens with zero attached hydrogens (tertiary/aromatic N) is 1. The maximum Gasteiger partial charge on any atom is 0.240 e. The maximum atomic E-state index is 11.8. The largest absolute Gasteiger partial charge is 0.486 e. The minimum Gasteiger partial charge on any atom is -0.486 e. The Bertz CT molecular complexity index is 760. The molecule has 0 unspecified atom stereocenters. The topological polar surface area (TPSA) is 59.9 Å². The van der Waals surface area contributed by atoms with E-state index in [9.17, 15) is 4.79 Å². The molecular weight excluding hydrogens is 336 g/mol. The molecule has 2 aromatic rings. The van der Waals surface area contributed by atoms with Crippen LogP contribution < -0.4 is 14.9 Å². The summed E-state index contributed by atoms with van der Waals surface area (Å²) in [6, 6.07) is 13.8. The zero-order valence-corrected chi connectivity index (χ0v) is 14.8. The number of hydrogen-bond donors (Lipinski definition) is 1. The molecule has 2 aromatic carbocycles. The molecule has 0 aliphatic carbocycles. The molecule has 0 fully saturated rings. The molecule has 1 aliphatic heterocycles. The van der Waals surface area contributed by atoms with E-state index in [1.807, 2.05) is 18.2 Å². The van der Waals surface area contributed by atoms with Crippen molar-refractivity contribution in [1.29, 1.82) is 0 Å². The van der Waals surface area contributed by atoms with E-state index in [0.717, 1.165) is 16.2 Å². The Morgan fingerprint density at radius 2 is 1.92 bits per heavy atom. The number of ether oxygens (including phenoxy) is 2. The summed E-state index contributed by atoms with van der Waals surface area (Å²) in [5, 5.41) is 4.00. The van der Waals surface area contributed by atoms with Crippen LogP contribution in [0.3, 0.4) is 0 Å². The van der Waals surface area contributed by atoms with Gasteiger partial charge in [-0.25, -0.2) is 5.43 Å². The molecule has 6 heteroatoms. The monoisotopic (exact) mass is 356 g/mol. The lowest BCUT2D eigenvalue weighted by Crippen LogP contribution is -2.18. The van der Waals surface area contributed by atoms with Gasteiger partial charge in [0, 0.05) is 17.1 Å². The van der Waals surface area contributed by atoms with E-state index in [1.165, 1.54) is 5.56 Å². The summed E-state index contributed by atoms with van der Waals surface area (Å²) in [6.07, 6.45) is 2.01. The summed E-state index contributed by atoms with van der Waals surface area (Å²) < 4.78 is 11.0. The van der Waals surface area contributed by atoms with Gasteiger partial charge in [0.1, 0.15) is 13.2 Å². The lowest BCUT2D eigenvalue weighted by Gasteiger charge is -2.18. The minimum absolute atomic E-state index is 0.103. The number of fused-ring (bicyclic) bond motifs is 1. The van der Waals surface area contributed by atoms with Crippen molar-refractivity contribution in [3.63, 3.8) is 0 Å². The van der Waals surface area contributed by atoms with Crippen LogP contribution in [0.2, 0.25) is 0 Å². The maximum absolute atomic E-state index is 11.8. The number of hydrogen-bond acceptors (Lipinski definition) is 5. The van der Waals surface area contributed by atoms with Crippen molar-refractivity contribution in [2.75, 3.05) is 19.0 Å². The first-order valence-corrected chi connectivity index (χ1v) is 9.10. The molecule has 3 rings (SSSR count). The average molecular weight is 356 g/mol. The first kappa shape index (κ1) is 17.4. The first-order valence-electron chi connectivity index (χ1n) is 8.12. The number of aryl methyl sites for hydroxylation is 1. The predicted molar refractivity (Wildman–Crippen MR) is 99.7 cm³/mol. The Kier molecular flexibility index (Phi) is 5.95. The van der Waals surface area contributed by atoms with Gasteiger partial charge in [-0.15, -0.1) is 11.8 Å². The number of carbonyl (C=O) groups excluding carboxylic acids is 1. The van der Waals surface area contributed by atoms with Crippen LogP contribution in [-0.2, 0) is 4.79 Å². The third-order valence-electron chi connectivity index (χ3n) is 3.59. The van der Waals surface area contributed by atoms with Crippen LogP contribution in [-0.4, -0.2) is 31.1 Å². The Balaban J connectivity index is 1.42. The van der Waals surface area contributed by atoms with Gasteiger partial charge in [0.2, 0.25) is 5.91 Å². The first-order chi connectivity index (χ1) is 12.2. The number of carbonyl (C=O) groups is 1. The summed E-state index contributed by atoms with van der Waals surface area (Å²) >= 11 is 1.66. The summed E-state index contributed by atoms with van der Waals surface area (Å²) in [5.74, 6) is 2.05. The fourth-order valence-corrected chi connectivity index (χ4v) is 3.12. The van der Waals surface area contributed by atoms with Crippen molar-refractivity contribution in [3.8, 4) is 11.5 Å². The van der Waals surface area contributed by atoms with Gasteiger partial charge < -0.3 is 9.47 Å². The summed E-state index contributed by atoms with van der Waals surface area (Å²) in [6.45, 7) is 3.17. The van der Waals surface area contributed by atoms with Crippen LogP contribution in [0.1, 0.15) is 17.5 Å². The standard InChI is InChI=1S/C19H20N2O3S/c1-14-2-5-16(6-3-14)25-11-8-19(22)21-20-13-15-4-7-17-18(12-15)24-10-9-23-17/h2-7,12-13H,8-11H2,1H3,(H,21,22). The van der Waals surface area contributed by atoms with Crippen molar-refractivity contribution in [3.05, 3.63) is 53.6 Å². The van der Waals surface area contributed by atoms with E-state index in [0.29, 0.717) is 31.1 Å². The van der Waals surface area contributed by atoms with Gasteiger partial charge in [0.25, 0.3) is 0 Å². The number of benzene rings is 2. The second-order valence-corrected chi connectivity index (χ2v) is 6.78. The molecule has 0 bridgehead atoms. The normalized spacial score (nSPS) is 13.0. The molecule has 1 heterocycles. The third-order valence-corrected chi connectivity index (χ3v) is 4.60. The lowest BCUT2D eigenvalue weighted by atomic mass is 10.2. The van der Waals surface area contributed by atoms with Gasteiger partial charge >= 0.3 is 0 Å². The molecular formula is C19H20N2O3S. The molecule has 0 saturated heterocycles. The molecule has 25 heavy (non-hydrogen) atoms. The second kappa shape index (κ2) is 8.58. The molecule has 5 nitrogen and oxygen atoms in total. The van der Waals surface area contributed by atoms with E-state index >= 15 is 0 Å². The average Bonchev–Trinajstić information content (AvgIpc) is 2.63. The number of thioether (sulfide) groups is 1. The van der Waals surface area contributed by atoms with Gasteiger partial charge in [0.05, 0.1) is 6.21 Å². The molecule has 0 atom stereocenters. The molecule has 0 aromatic heterocycles. The van der Waals surface area contributed by atoms with E-state index in [-0.39, 0.29) is 5.91 Å². The Morgan fingerprint density at radius 3 is 2.72 bits per heavy atom. The third kappa shape index (κ3) is 5.26. The van der Waals surface area contributed by atoms with E-state index in [1.54, 1.807) is 18.0 Å². The van der Waals surface area contributed by atoms with Crippen molar-refractivity contribution in [1.82, 2.24) is 5.43 Å². The zero-order valence-electron chi connectivity index (χ0n) is 14.0. The lowest BCUT2D eigenvalue weighted by molar-refractivity contribution is -0.120. The van der Waals surface area contributed by atoms with Gasteiger partial charge in [-0.2, -0.15) is 5.10 Å². The molecule has 1 amide bonds. The van der Waals surface area contributed by atoms with Crippen molar-refractivity contribution in [2.24, 2.45) is 5.10 Å². The Morgan fingerprint density at radius 1 is 1.16 bits per heavy atom. The molecule has 1 aliphatic rings. The molecule has 0 saturated carbocycles. The highest BCUT2D eigenvalue weighted by Gasteiger charge is 2.10. The molecule has 130 valence electrons. The number of hydrazone groups is 1. The van der Waals surface area contributed by atoms with Crippen LogP contribution in [0.15, 0.2) is 52.5 Å². The fraction of sp³-hybridized carbons (Fsp3) is 0.263. The molecule has 0 spiro atoms. The smallest absolute Gasteiger partial charge is 0.240 e. The highest BCUT2D eigenvalue weighted by Crippen LogP contribution is 2.30. The van der Waals surface area contributed by atoms with Crippen LogP contribution in [0.25, 0.3) is 0 Å². The highest BCUT2D eigenvalue weighted by molar-refractivity contribution is 7.99. The minimum atomic E-state index is -0.103. The fourth-order valence-electron chi connectivity index (χ4n) is 2.27. The zero-order chi connectivity index (χ0) is 17.5. The highest BCUT2D eigenvalue weighted by atomic mass is 32.2. The van der Waals surface area contributed by atoms with Gasteiger partial charge in [-0.05, 0) is 42.8 Å². The number of rotatable bonds is 6. The summed E-state index contributed by atoms with van der Waals surface area (Å²) in [7, 11) is 0. The molecule has 0 radical (unpaired) electrons. The van der Waals surface area contributed by atoms with Crippen LogP contribution in [0, 0.1) is 6.92 Å².